The summed E-state index contributed by atoms with van der Waals surface area (Å²) in [5.74, 6) is 0.761. The van der Waals surface area contributed by atoms with Gasteiger partial charge in [0.25, 0.3) is 5.91 Å². The second-order valence-corrected chi connectivity index (χ2v) is 11.7. The summed E-state index contributed by atoms with van der Waals surface area (Å²) in [5, 5.41) is 3.93. The highest BCUT2D eigenvalue weighted by Gasteiger charge is 2.30. The van der Waals surface area contributed by atoms with Crippen LogP contribution in [0.5, 0.6) is 5.75 Å². The van der Waals surface area contributed by atoms with Crippen molar-refractivity contribution in [1.82, 2.24) is 10.2 Å². The van der Waals surface area contributed by atoms with Crippen molar-refractivity contribution in [3.63, 3.8) is 0 Å². The smallest absolute Gasteiger partial charge is 0.416 e. The van der Waals surface area contributed by atoms with Crippen molar-refractivity contribution in [3.8, 4) is 5.75 Å². The first kappa shape index (κ1) is 29.1. The second-order valence-electron chi connectivity index (χ2n) is 11.7. The first-order valence-electron chi connectivity index (χ1n) is 14.9. The number of carbonyl (C=O) groups excluding carboxylic acids is 1. The molecule has 9 heteroatoms. The summed E-state index contributed by atoms with van der Waals surface area (Å²) in [6.45, 7) is 6.05. The summed E-state index contributed by atoms with van der Waals surface area (Å²) in [4.78, 5) is 17.6. The number of rotatable bonds is 7. The fourth-order valence-corrected chi connectivity index (χ4v) is 5.93. The summed E-state index contributed by atoms with van der Waals surface area (Å²) in [6, 6.07) is 21.4. The number of ether oxygens (including phenoxy) is 1. The van der Waals surface area contributed by atoms with Gasteiger partial charge in [0.05, 0.1) is 5.56 Å². The van der Waals surface area contributed by atoms with Gasteiger partial charge in [0.2, 0.25) is 0 Å². The zero-order valence-electron chi connectivity index (χ0n) is 24.2. The lowest BCUT2D eigenvalue weighted by molar-refractivity contribution is -0.137. The lowest BCUT2D eigenvalue weighted by Crippen LogP contribution is -2.44. The maximum atomic E-state index is 13.0. The zero-order valence-corrected chi connectivity index (χ0v) is 24.2. The molecule has 2 aliphatic heterocycles. The Morgan fingerprint density at radius 3 is 2.28 bits per heavy atom. The summed E-state index contributed by atoms with van der Waals surface area (Å²) in [7, 11) is 0. The highest BCUT2D eigenvalue weighted by Crippen LogP contribution is 2.30. The van der Waals surface area contributed by atoms with Crippen molar-refractivity contribution in [2.45, 2.75) is 57.5 Å². The fraction of sp³-hybridized carbons (Fsp3) is 0.382. The Kier molecular flexibility index (Phi) is 8.34. The number of anilines is 1. The van der Waals surface area contributed by atoms with Gasteiger partial charge >= 0.3 is 6.18 Å². The number of halogens is 3. The molecule has 3 aromatic carbocycles. The van der Waals surface area contributed by atoms with E-state index in [1.54, 1.807) is 6.07 Å². The third-order valence-electron chi connectivity index (χ3n) is 8.47. The van der Waals surface area contributed by atoms with Crippen LogP contribution in [0, 0.1) is 6.92 Å². The quantitative estimate of drug-likeness (QED) is 0.246. The molecule has 3 heterocycles. The number of aryl methyl sites for hydroxylation is 1. The molecule has 2 aliphatic rings. The minimum absolute atomic E-state index is 0.00855. The van der Waals surface area contributed by atoms with E-state index in [0.717, 1.165) is 80.7 Å². The number of carbonyl (C=O) groups is 1. The summed E-state index contributed by atoms with van der Waals surface area (Å²) < 4.78 is 50.7. The molecular formula is C34H36F3N3O3. The molecule has 0 saturated carbocycles. The number of piperidine rings is 2. The number of nitrogens with one attached hydrogen (secondary N) is 1. The van der Waals surface area contributed by atoms with Crippen LogP contribution in [0.3, 0.4) is 0 Å². The highest BCUT2D eigenvalue weighted by molar-refractivity contribution is 5.96. The standard InChI is InChI=1S/C34H36F3N3O3/c1-23-2-9-28(10-3-23)40-18-14-29(15-19-40)42-30-11-6-25-20-32(43-31(25)21-30)33(41)38-27-12-16-39(17-13-27)22-24-4-7-26(8-5-24)34(35,36)37/h2-11,20-21,27,29H,12-19,22H2,1H3,(H,38,41). The number of fused-ring (bicyclic) bond motifs is 1. The van der Waals surface area contributed by atoms with Crippen LogP contribution in [-0.4, -0.2) is 49.1 Å². The van der Waals surface area contributed by atoms with E-state index in [-0.39, 0.29) is 23.8 Å². The Balaban J connectivity index is 0.977. The van der Waals surface area contributed by atoms with Gasteiger partial charge in [0, 0.05) is 68.7 Å². The Labute approximate surface area is 249 Å². The first-order chi connectivity index (χ1) is 20.7. The molecule has 0 spiro atoms. The fourth-order valence-electron chi connectivity index (χ4n) is 5.93. The van der Waals surface area contributed by atoms with Crippen LogP contribution >= 0.6 is 0 Å². The summed E-state index contributed by atoms with van der Waals surface area (Å²) >= 11 is 0. The SMILES string of the molecule is Cc1ccc(N2CCC(Oc3ccc4cc(C(=O)NC5CCN(Cc6ccc(C(F)(F)F)cc6)CC5)oc4c3)CC2)cc1. The molecule has 4 aromatic rings. The van der Waals surface area contributed by atoms with Crippen molar-refractivity contribution in [2.24, 2.45) is 0 Å². The number of hydrogen-bond acceptors (Lipinski definition) is 5. The van der Waals surface area contributed by atoms with Gasteiger partial charge < -0.3 is 19.4 Å². The highest BCUT2D eigenvalue weighted by atomic mass is 19.4. The van der Waals surface area contributed by atoms with Crippen LogP contribution in [0.1, 0.15) is 52.9 Å². The van der Waals surface area contributed by atoms with Crippen LogP contribution in [0.2, 0.25) is 0 Å². The van der Waals surface area contributed by atoms with E-state index in [0.29, 0.717) is 12.1 Å². The van der Waals surface area contributed by atoms with Crippen molar-refractivity contribution in [2.75, 3.05) is 31.1 Å². The Morgan fingerprint density at radius 1 is 0.907 bits per heavy atom. The van der Waals surface area contributed by atoms with Gasteiger partial charge in [-0.15, -0.1) is 0 Å². The topological polar surface area (TPSA) is 58.0 Å². The molecule has 2 saturated heterocycles. The van der Waals surface area contributed by atoms with Gasteiger partial charge in [0.1, 0.15) is 17.4 Å². The van der Waals surface area contributed by atoms with Gasteiger partial charge in [-0.1, -0.05) is 29.8 Å². The third-order valence-corrected chi connectivity index (χ3v) is 8.47. The minimum atomic E-state index is -4.33. The van der Waals surface area contributed by atoms with Gasteiger partial charge in [-0.05, 0) is 67.8 Å². The molecule has 1 amide bonds. The lowest BCUT2D eigenvalue weighted by atomic mass is 10.0. The number of alkyl halides is 3. The Bertz CT molecular complexity index is 1530. The molecule has 6 nitrogen and oxygen atoms in total. The van der Waals surface area contributed by atoms with Gasteiger partial charge in [0.15, 0.2) is 5.76 Å². The van der Waals surface area contributed by atoms with E-state index >= 15 is 0 Å². The summed E-state index contributed by atoms with van der Waals surface area (Å²) in [6.07, 6.45) is -0.824. The minimum Gasteiger partial charge on any atom is -0.490 e. The lowest BCUT2D eigenvalue weighted by Gasteiger charge is -2.33. The molecular weight excluding hydrogens is 555 g/mol. The van der Waals surface area contributed by atoms with Gasteiger partial charge in [-0.3, -0.25) is 9.69 Å². The predicted octanol–water partition coefficient (Wildman–Crippen LogP) is 7.20. The average Bonchev–Trinajstić information content (AvgIpc) is 3.43. The molecule has 0 unspecified atom stereocenters. The van der Waals surface area contributed by atoms with Crippen LogP contribution in [0.15, 0.2) is 77.2 Å². The van der Waals surface area contributed by atoms with Crippen molar-refractivity contribution >= 4 is 22.6 Å². The zero-order chi connectivity index (χ0) is 30.0. The average molecular weight is 592 g/mol. The molecule has 2 fully saturated rings. The monoisotopic (exact) mass is 591 g/mol. The molecule has 1 N–H and O–H groups in total. The van der Waals surface area contributed by atoms with Crippen LogP contribution in [-0.2, 0) is 12.7 Å². The van der Waals surface area contributed by atoms with E-state index in [1.807, 2.05) is 18.2 Å². The van der Waals surface area contributed by atoms with Crippen molar-refractivity contribution in [1.29, 1.82) is 0 Å². The largest absolute Gasteiger partial charge is 0.490 e. The van der Waals surface area contributed by atoms with Crippen molar-refractivity contribution in [3.05, 3.63) is 95.2 Å². The number of nitrogens with zero attached hydrogens (tertiary/aromatic N) is 2. The number of hydrogen-bond donors (Lipinski definition) is 1. The van der Waals surface area contributed by atoms with E-state index in [2.05, 4.69) is 46.3 Å². The van der Waals surface area contributed by atoms with E-state index in [1.165, 1.54) is 23.4 Å². The molecule has 6 rings (SSSR count). The molecule has 1 aromatic heterocycles. The molecule has 0 bridgehead atoms. The molecule has 43 heavy (non-hydrogen) atoms. The Morgan fingerprint density at radius 2 is 1.60 bits per heavy atom. The van der Waals surface area contributed by atoms with E-state index in [4.69, 9.17) is 9.15 Å². The second kappa shape index (κ2) is 12.3. The van der Waals surface area contributed by atoms with Crippen LogP contribution in [0.25, 0.3) is 11.0 Å². The molecule has 0 aliphatic carbocycles. The Hall–Kier alpha value is -3.98. The maximum Gasteiger partial charge on any atom is 0.416 e. The van der Waals surface area contributed by atoms with Gasteiger partial charge in [-0.2, -0.15) is 13.2 Å². The number of likely N-dealkylation sites (tertiary alicyclic amines) is 1. The number of benzene rings is 3. The normalized spacial score (nSPS) is 17.3. The molecule has 0 atom stereocenters. The van der Waals surface area contributed by atoms with Gasteiger partial charge in [-0.25, -0.2) is 0 Å². The van der Waals surface area contributed by atoms with E-state index in [9.17, 15) is 18.0 Å². The molecule has 226 valence electrons. The number of amides is 1. The van der Waals surface area contributed by atoms with Crippen LogP contribution in [0.4, 0.5) is 18.9 Å². The predicted molar refractivity (Wildman–Crippen MR) is 160 cm³/mol. The van der Waals surface area contributed by atoms with Crippen LogP contribution < -0.4 is 15.0 Å². The van der Waals surface area contributed by atoms with Crippen molar-refractivity contribution < 1.29 is 27.1 Å². The van der Waals surface area contributed by atoms with E-state index < -0.39 is 11.7 Å². The molecule has 0 radical (unpaired) electrons. The maximum absolute atomic E-state index is 13.0. The first-order valence-corrected chi connectivity index (χ1v) is 14.9. The summed E-state index contributed by atoms with van der Waals surface area (Å²) in [5.41, 5.74) is 3.33. The third kappa shape index (κ3) is 7.16. The number of furan rings is 1.